The van der Waals surface area contributed by atoms with Crippen molar-refractivity contribution in [1.29, 1.82) is 0 Å². The number of carbonyl (C=O) groups is 2. The molecule has 0 heterocycles. The van der Waals surface area contributed by atoms with Gasteiger partial charge in [-0.2, -0.15) is 0 Å². The van der Waals surface area contributed by atoms with E-state index in [1.807, 2.05) is 18.2 Å². The van der Waals surface area contributed by atoms with Crippen LogP contribution in [0.15, 0.2) is 72.8 Å². The molecule has 0 aliphatic heterocycles. The first-order valence-electron chi connectivity index (χ1n) is 11.0. The molecular weight excluding hydrogens is 453 g/mol. The van der Waals surface area contributed by atoms with Crippen molar-refractivity contribution in [3.05, 3.63) is 89.7 Å². The van der Waals surface area contributed by atoms with E-state index in [-0.39, 0.29) is 12.4 Å². The quantitative estimate of drug-likeness (QED) is 0.413. The Morgan fingerprint density at radius 2 is 1.57 bits per heavy atom. The second kappa shape index (κ2) is 11.0. The minimum absolute atomic E-state index is 0.240. The van der Waals surface area contributed by atoms with Gasteiger partial charge in [0.1, 0.15) is 47.2 Å². The molecule has 2 unspecified atom stereocenters. The standard InChI is InChI=1S/C27H28FNO6/c1-27(2,3)35-26(32)23(24(29)25(30)31)18-7-11-20(12-8-18)33-16-17-5-4-6-22(15-17)34-21-13-9-19(28)10-14-21/h4-15,23-24H,16,29H2,1-3H3,(H,30,31). The molecular formula is C27H28FNO6. The van der Waals surface area contributed by atoms with Crippen LogP contribution in [0.4, 0.5) is 4.39 Å². The molecule has 0 saturated heterocycles. The Labute approximate surface area is 203 Å². The highest BCUT2D eigenvalue weighted by Gasteiger charge is 2.35. The summed E-state index contributed by atoms with van der Waals surface area (Å²) in [5.74, 6) is -1.91. The number of esters is 1. The molecule has 0 amide bonds. The number of carboxylic acids is 1. The molecule has 7 nitrogen and oxygen atoms in total. The number of carbonyl (C=O) groups excluding carboxylic acids is 1. The topological polar surface area (TPSA) is 108 Å². The van der Waals surface area contributed by atoms with Crippen molar-refractivity contribution >= 4 is 11.9 Å². The lowest BCUT2D eigenvalue weighted by atomic mass is 9.91. The van der Waals surface area contributed by atoms with Crippen LogP contribution in [0.5, 0.6) is 17.2 Å². The van der Waals surface area contributed by atoms with Crippen LogP contribution in [0.3, 0.4) is 0 Å². The van der Waals surface area contributed by atoms with Gasteiger partial charge in [0.15, 0.2) is 0 Å². The van der Waals surface area contributed by atoms with E-state index in [0.29, 0.717) is 22.8 Å². The Hall–Kier alpha value is -3.91. The van der Waals surface area contributed by atoms with Gasteiger partial charge in [0.05, 0.1) is 0 Å². The van der Waals surface area contributed by atoms with Gasteiger partial charge in [-0.1, -0.05) is 24.3 Å². The van der Waals surface area contributed by atoms with Gasteiger partial charge < -0.3 is 25.1 Å². The summed E-state index contributed by atoms with van der Waals surface area (Å²) < 4.78 is 30.0. The molecule has 3 rings (SSSR count). The van der Waals surface area contributed by atoms with Crippen LogP contribution in [0.25, 0.3) is 0 Å². The number of ether oxygens (including phenoxy) is 3. The molecule has 0 aliphatic carbocycles. The predicted octanol–water partition coefficient (Wildman–Crippen LogP) is 5.03. The maximum Gasteiger partial charge on any atom is 0.321 e. The molecule has 0 aliphatic rings. The third-order valence-electron chi connectivity index (χ3n) is 4.90. The zero-order valence-corrected chi connectivity index (χ0v) is 19.7. The lowest BCUT2D eigenvalue weighted by Gasteiger charge is -2.26. The SMILES string of the molecule is CC(C)(C)OC(=O)C(c1ccc(OCc2cccc(Oc3ccc(F)cc3)c2)cc1)C(N)C(=O)O. The number of hydrogen-bond donors (Lipinski definition) is 2. The van der Waals surface area contributed by atoms with Gasteiger partial charge in [-0.3, -0.25) is 9.59 Å². The van der Waals surface area contributed by atoms with Crippen molar-refractivity contribution in [2.24, 2.45) is 5.73 Å². The zero-order valence-electron chi connectivity index (χ0n) is 19.7. The van der Waals surface area contributed by atoms with E-state index in [9.17, 15) is 19.1 Å². The summed E-state index contributed by atoms with van der Waals surface area (Å²) in [7, 11) is 0. The van der Waals surface area contributed by atoms with Crippen LogP contribution in [-0.4, -0.2) is 28.7 Å². The van der Waals surface area contributed by atoms with E-state index in [2.05, 4.69) is 0 Å². The van der Waals surface area contributed by atoms with Gasteiger partial charge in [-0.25, -0.2) is 4.39 Å². The van der Waals surface area contributed by atoms with Crippen LogP contribution in [-0.2, 0) is 20.9 Å². The van der Waals surface area contributed by atoms with Gasteiger partial charge in [0, 0.05) is 0 Å². The number of halogens is 1. The van der Waals surface area contributed by atoms with E-state index in [1.165, 1.54) is 12.1 Å². The normalized spacial score (nSPS) is 12.9. The molecule has 0 spiro atoms. The fraction of sp³-hybridized carbons (Fsp3) is 0.259. The first-order chi connectivity index (χ1) is 16.5. The summed E-state index contributed by atoms with van der Waals surface area (Å²) in [5, 5.41) is 9.37. The number of nitrogens with two attached hydrogens (primary N) is 1. The highest BCUT2D eigenvalue weighted by Crippen LogP contribution is 2.27. The van der Waals surface area contributed by atoms with Gasteiger partial charge in [0.2, 0.25) is 0 Å². The first-order valence-corrected chi connectivity index (χ1v) is 11.0. The second-order valence-electron chi connectivity index (χ2n) is 8.94. The maximum atomic E-state index is 13.1. The molecule has 0 aromatic heterocycles. The van der Waals surface area contributed by atoms with Crippen molar-refractivity contribution in [3.8, 4) is 17.2 Å². The summed E-state index contributed by atoms with van der Waals surface area (Å²) >= 11 is 0. The summed E-state index contributed by atoms with van der Waals surface area (Å²) in [6, 6.07) is 18.0. The van der Waals surface area contributed by atoms with Crippen molar-refractivity contribution < 1.29 is 33.3 Å². The third-order valence-corrected chi connectivity index (χ3v) is 4.90. The summed E-state index contributed by atoms with van der Waals surface area (Å²) in [5.41, 5.74) is 6.27. The van der Waals surface area contributed by atoms with E-state index in [1.54, 1.807) is 63.2 Å². The highest BCUT2D eigenvalue weighted by molar-refractivity contribution is 5.88. The van der Waals surface area contributed by atoms with Crippen molar-refractivity contribution in [2.45, 2.75) is 44.9 Å². The molecule has 35 heavy (non-hydrogen) atoms. The molecule has 3 aromatic carbocycles. The Morgan fingerprint density at radius 3 is 2.17 bits per heavy atom. The maximum absolute atomic E-state index is 13.1. The third kappa shape index (κ3) is 7.55. The summed E-state index contributed by atoms with van der Waals surface area (Å²) in [6.45, 7) is 5.34. The van der Waals surface area contributed by atoms with Crippen molar-refractivity contribution in [1.82, 2.24) is 0 Å². The second-order valence-corrected chi connectivity index (χ2v) is 8.94. The molecule has 184 valence electrons. The number of benzene rings is 3. The largest absolute Gasteiger partial charge is 0.489 e. The van der Waals surface area contributed by atoms with Crippen LogP contribution < -0.4 is 15.2 Å². The van der Waals surface area contributed by atoms with Crippen molar-refractivity contribution in [3.63, 3.8) is 0 Å². The number of rotatable bonds is 9. The smallest absolute Gasteiger partial charge is 0.321 e. The summed E-state index contributed by atoms with van der Waals surface area (Å²) in [6.07, 6.45) is 0. The van der Waals surface area contributed by atoms with Crippen LogP contribution in [0.1, 0.15) is 37.8 Å². The van der Waals surface area contributed by atoms with Crippen LogP contribution >= 0.6 is 0 Å². The monoisotopic (exact) mass is 481 g/mol. The molecule has 3 N–H and O–H groups in total. The Kier molecular flexibility index (Phi) is 8.09. The first kappa shape index (κ1) is 25.7. The Morgan fingerprint density at radius 1 is 0.943 bits per heavy atom. The molecule has 0 bridgehead atoms. The van der Waals surface area contributed by atoms with E-state index in [0.717, 1.165) is 5.56 Å². The lowest BCUT2D eigenvalue weighted by Crippen LogP contribution is -2.42. The minimum Gasteiger partial charge on any atom is -0.489 e. The molecule has 8 heteroatoms. The molecule has 0 fully saturated rings. The average molecular weight is 482 g/mol. The summed E-state index contributed by atoms with van der Waals surface area (Å²) in [4.78, 5) is 24.1. The van der Waals surface area contributed by atoms with Gasteiger partial charge >= 0.3 is 11.9 Å². The van der Waals surface area contributed by atoms with E-state index < -0.39 is 29.5 Å². The number of hydrogen-bond acceptors (Lipinski definition) is 6. The Balaban J connectivity index is 1.67. The number of aliphatic carboxylic acids is 1. The Bertz CT molecular complexity index is 1160. The fourth-order valence-corrected chi connectivity index (χ4v) is 3.27. The van der Waals surface area contributed by atoms with Gasteiger partial charge in [-0.15, -0.1) is 0 Å². The molecule has 3 aromatic rings. The van der Waals surface area contributed by atoms with Crippen molar-refractivity contribution in [2.75, 3.05) is 0 Å². The fourth-order valence-electron chi connectivity index (χ4n) is 3.27. The zero-order chi connectivity index (χ0) is 25.6. The molecule has 0 saturated carbocycles. The average Bonchev–Trinajstić information content (AvgIpc) is 2.79. The molecule has 0 radical (unpaired) electrons. The predicted molar refractivity (Wildman–Crippen MR) is 128 cm³/mol. The minimum atomic E-state index is -1.46. The molecule has 2 atom stereocenters. The van der Waals surface area contributed by atoms with Crippen LogP contribution in [0.2, 0.25) is 0 Å². The lowest BCUT2D eigenvalue weighted by molar-refractivity contribution is -0.160. The van der Waals surface area contributed by atoms with E-state index in [4.69, 9.17) is 19.9 Å². The van der Waals surface area contributed by atoms with Gasteiger partial charge in [-0.05, 0) is 80.4 Å². The highest BCUT2D eigenvalue weighted by atomic mass is 19.1. The number of carboxylic acid groups (broad SMARTS) is 1. The van der Waals surface area contributed by atoms with Crippen LogP contribution in [0, 0.1) is 5.82 Å². The van der Waals surface area contributed by atoms with E-state index >= 15 is 0 Å². The van der Waals surface area contributed by atoms with Gasteiger partial charge in [0.25, 0.3) is 0 Å².